The van der Waals surface area contributed by atoms with E-state index in [0.717, 1.165) is 52.7 Å². The van der Waals surface area contributed by atoms with Crippen LogP contribution in [0.4, 0.5) is 8.78 Å². The number of aromatic nitrogens is 1. The molecule has 0 unspecified atom stereocenters. The molecule has 2 atom stereocenters. The number of aryl methyl sites for hydroxylation is 1. The van der Waals surface area contributed by atoms with Gasteiger partial charge in [0.1, 0.15) is 5.75 Å². The summed E-state index contributed by atoms with van der Waals surface area (Å²) in [6.45, 7) is 3.51. The van der Waals surface area contributed by atoms with Crippen molar-refractivity contribution in [1.82, 2.24) is 15.2 Å². The lowest BCUT2D eigenvalue weighted by Gasteiger charge is -2.44. The number of halogens is 2. The monoisotopic (exact) mass is 483 g/mol. The zero-order valence-corrected chi connectivity index (χ0v) is 20.0. The Morgan fingerprint density at radius 1 is 1.23 bits per heavy atom. The standard InChI is InChI=1S/C27H31F2N3O3/c1-16-11-24(35-2)22(21-7-9-30-25(16)21)15-32-10-8-19(31-20-13-27(28,29)14-20)12-23(32)17-3-5-18(6-4-17)26(33)34/h3-7,9,11,19-20,23,30-31H,8,10,12-15H2,1-2H3,(H,33,34)/t19-,23-/m0/s1. The third-order valence-electron chi connectivity index (χ3n) is 7.51. The Morgan fingerprint density at radius 2 is 1.97 bits per heavy atom. The molecule has 6 nitrogen and oxygen atoms in total. The lowest BCUT2D eigenvalue weighted by atomic mass is 9.85. The smallest absolute Gasteiger partial charge is 0.335 e. The first-order valence-electron chi connectivity index (χ1n) is 12.1. The first kappa shape index (κ1) is 23.8. The van der Waals surface area contributed by atoms with E-state index in [4.69, 9.17) is 4.74 Å². The second kappa shape index (κ2) is 9.24. The SMILES string of the molecule is COc1cc(C)c2[nH]ccc2c1CN1CC[C@H](NC2CC(F)(F)C2)C[C@H]1c1ccc(C(=O)O)cc1. The minimum absolute atomic E-state index is 0.0182. The highest BCUT2D eigenvalue weighted by Gasteiger charge is 2.46. The molecule has 2 heterocycles. The van der Waals surface area contributed by atoms with E-state index in [2.05, 4.69) is 34.3 Å². The summed E-state index contributed by atoms with van der Waals surface area (Å²) in [4.78, 5) is 17.1. The maximum atomic E-state index is 13.4. The second-order valence-electron chi connectivity index (χ2n) is 9.90. The summed E-state index contributed by atoms with van der Waals surface area (Å²) in [7, 11) is 1.68. The van der Waals surface area contributed by atoms with Crippen molar-refractivity contribution in [2.75, 3.05) is 13.7 Å². The highest BCUT2D eigenvalue weighted by Crippen LogP contribution is 2.40. The Morgan fingerprint density at radius 3 is 2.63 bits per heavy atom. The number of carbonyl (C=O) groups is 1. The van der Waals surface area contributed by atoms with Crippen LogP contribution in [0.3, 0.4) is 0 Å². The summed E-state index contributed by atoms with van der Waals surface area (Å²) >= 11 is 0. The van der Waals surface area contributed by atoms with Gasteiger partial charge in [-0.15, -0.1) is 0 Å². The summed E-state index contributed by atoms with van der Waals surface area (Å²) in [5, 5.41) is 13.9. The van der Waals surface area contributed by atoms with Crippen LogP contribution < -0.4 is 10.1 Å². The van der Waals surface area contributed by atoms with Crippen molar-refractivity contribution >= 4 is 16.9 Å². The molecule has 0 radical (unpaired) electrons. The number of ether oxygens (including phenoxy) is 1. The normalized spacial score (nSPS) is 22.7. The van der Waals surface area contributed by atoms with E-state index < -0.39 is 11.9 Å². The predicted octanol–water partition coefficient (Wildman–Crippen LogP) is 5.28. The lowest BCUT2D eigenvalue weighted by Crippen LogP contribution is -2.54. The molecule has 186 valence electrons. The van der Waals surface area contributed by atoms with Crippen LogP contribution in [0.5, 0.6) is 5.75 Å². The molecule has 0 bridgehead atoms. The molecular weight excluding hydrogens is 452 g/mol. The number of piperidine rings is 1. The molecule has 1 aliphatic carbocycles. The minimum Gasteiger partial charge on any atom is -0.496 e. The number of hydrogen-bond acceptors (Lipinski definition) is 4. The quantitative estimate of drug-likeness (QED) is 0.427. The number of nitrogens with zero attached hydrogens (tertiary/aromatic N) is 1. The van der Waals surface area contributed by atoms with Gasteiger partial charge in [0.2, 0.25) is 0 Å². The Balaban J connectivity index is 1.43. The van der Waals surface area contributed by atoms with E-state index in [1.165, 1.54) is 0 Å². The Hall–Kier alpha value is -2.97. The third-order valence-corrected chi connectivity index (χ3v) is 7.51. The van der Waals surface area contributed by atoms with E-state index in [1.807, 2.05) is 18.3 Å². The molecule has 3 N–H and O–H groups in total. The van der Waals surface area contributed by atoms with Crippen molar-refractivity contribution < 1.29 is 23.4 Å². The van der Waals surface area contributed by atoms with E-state index in [9.17, 15) is 18.7 Å². The van der Waals surface area contributed by atoms with Crippen LogP contribution in [0.15, 0.2) is 42.6 Å². The van der Waals surface area contributed by atoms with Gasteiger partial charge in [-0.25, -0.2) is 13.6 Å². The number of rotatable bonds is 7. The first-order chi connectivity index (χ1) is 16.7. The van der Waals surface area contributed by atoms with Gasteiger partial charge in [0.05, 0.1) is 12.7 Å². The van der Waals surface area contributed by atoms with Gasteiger partial charge in [0.15, 0.2) is 0 Å². The summed E-state index contributed by atoms with van der Waals surface area (Å²) in [6, 6.07) is 11.1. The molecule has 0 spiro atoms. The van der Waals surface area contributed by atoms with Gasteiger partial charge in [0.25, 0.3) is 5.92 Å². The molecule has 3 aromatic rings. The molecule has 2 aliphatic rings. The number of fused-ring (bicyclic) bond motifs is 1. The molecule has 5 rings (SSSR count). The van der Waals surface area contributed by atoms with Gasteiger partial charge in [0, 0.05) is 66.7 Å². The van der Waals surface area contributed by atoms with Crippen LogP contribution in [0.25, 0.3) is 10.9 Å². The zero-order valence-electron chi connectivity index (χ0n) is 20.0. The molecule has 2 fully saturated rings. The van der Waals surface area contributed by atoms with Gasteiger partial charge in [-0.2, -0.15) is 0 Å². The largest absolute Gasteiger partial charge is 0.496 e. The fraction of sp³-hybridized carbons (Fsp3) is 0.444. The minimum atomic E-state index is -2.55. The number of hydrogen-bond donors (Lipinski definition) is 3. The average molecular weight is 484 g/mol. The molecule has 0 amide bonds. The van der Waals surface area contributed by atoms with E-state index in [0.29, 0.717) is 6.54 Å². The van der Waals surface area contributed by atoms with Crippen molar-refractivity contribution in [3.05, 3.63) is 64.8 Å². The maximum Gasteiger partial charge on any atom is 0.335 e. The third kappa shape index (κ3) is 4.77. The van der Waals surface area contributed by atoms with Crippen molar-refractivity contribution in [3.63, 3.8) is 0 Å². The predicted molar refractivity (Wildman–Crippen MR) is 130 cm³/mol. The van der Waals surface area contributed by atoms with E-state index in [-0.39, 0.29) is 36.5 Å². The fourth-order valence-electron chi connectivity index (χ4n) is 5.65. The number of aromatic amines is 1. The highest BCUT2D eigenvalue weighted by molar-refractivity contribution is 5.88. The van der Waals surface area contributed by atoms with Gasteiger partial charge in [-0.3, -0.25) is 4.90 Å². The molecular formula is C27H31F2N3O3. The topological polar surface area (TPSA) is 77.6 Å². The number of aromatic carboxylic acids is 1. The molecule has 2 aromatic carbocycles. The number of likely N-dealkylation sites (tertiary alicyclic amines) is 1. The molecule has 1 aromatic heterocycles. The Kier molecular flexibility index (Phi) is 6.27. The number of methoxy groups -OCH3 is 1. The molecule has 1 aliphatic heterocycles. The lowest BCUT2D eigenvalue weighted by molar-refractivity contribution is -0.0965. The van der Waals surface area contributed by atoms with Crippen LogP contribution in [0.2, 0.25) is 0 Å². The fourth-order valence-corrected chi connectivity index (χ4v) is 5.65. The summed E-state index contributed by atoms with van der Waals surface area (Å²) in [6.07, 6.45) is 3.36. The maximum absolute atomic E-state index is 13.4. The molecule has 8 heteroatoms. The van der Waals surface area contributed by atoms with Gasteiger partial charge >= 0.3 is 5.97 Å². The molecule has 1 saturated heterocycles. The van der Waals surface area contributed by atoms with Crippen LogP contribution in [-0.4, -0.2) is 52.6 Å². The van der Waals surface area contributed by atoms with Crippen LogP contribution >= 0.6 is 0 Å². The highest BCUT2D eigenvalue weighted by atomic mass is 19.3. The van der Waals surface area contributed by atoms with Crippen molar-refractivity contribution in [3.8, 4) is 5.75 Å². The number of carboxylic acids is 1. The number of H-pyrrole nitrogens is 1. The summed E-state index contributed by atoms with van der Waals surface area (Å²) in [5.74, 6) is -2.66. The summed E-state index contributed by atoms with van der Waals surface area (Å²) in [5.41, 5.74) is 4.58. The number of alkyl halides is 2. The van der Waals surface area contributed by atoms with Gasteiger partial charge < -0.3 is 20.1 Å². The number of carboxylic acid groups (broad SMARTS) is 1. The first-order valence-corrected chi connectivity index (χ1v) is 12.1. The molecule has 35 heavy (non-hydrogen) atoms. The van der Waals surface area contributed by atoms with Crippen molar-refractivity contribution in [2.45, 2.75) is 63.2 Å². The van der Waals surface area contributed by atoms with Crippen LogP contribution in [-0.2, 0) is 6.54 Å². The van der Waals surface area contributed by atoms with E-state index in [1.54, 1.807) is 19.2 Å². The van der Waals surface area contributed by atoms with Crippen LogP contribution in [0.1, 0.15) is 58.8 Å². The number of benzene rings is 2. The van der Waals surface area contributed by atoms with Gasteiger partial charge in [-0.1, -0.05) is 12.1 Å². The average Bonchev–Trinajstić information content (AvgIpc) is 3.31. The van der Waals surface area contributed by atoms with E-state index >= 15 is 0 Å². The summed E-state index contributed by atoms with van der Waals surface area (Å²) < 4.78 is 32.5. The zero-order chi connectivity index (χ0) is 24.7. The van der Waals surface area contributed by atoms with Crippen molar-refractivity contribution in [2.24, 2.45) is 0 Å². The number of nitrogens with one attached hydrogen (secondary N) is 2. The van der Waals surface area contributed by atoms with Crippen molar-refractivity contribution in [1.29, 1.82) is 0 Å². The molecule has 1 saturated carbocycles. The van der Waals surface area contributed by atoms with Gasteiger partial charge in [-0.05, 0) is 55.2 Å². The second-order valence-corrected chi connectivity index (χ2v) is 9.90. The van der Waals surface area contributed by atoms with Crippen LogP contribution in [0, 0.1) is 6.92 Å². The Labute approximate surface area is 203 Å². The Bertz CT molecular complexity index is 1220.